The summed E-state index contributed by atoms with van der Waals surface area (Å²) in [7, 11) is -3.72. The van der Waals surface area contributed by atoms with Gasteiger partial charge in [-0.15, -0.1) is 0 Å². The number of hydrogen-bond donors (Lipinski definition) is 2. The number of carbonyl (C=O) groups is 2. The van der Waals surface area contributed by atoms with Crippen LogP contribution < -0.4 is 10.0 Å². The van der Waals surface area contributed by atoms with Crippen LogP contribution in [0, 0.1) is 0 Å². The summed E-state index contributed by atoms with van der Waals surface area (Å²) in [5, 5.41) is 2.64. The number of furan rings is 1. The topological polar surface area (TPSA) is 115 Å². The molecule has 0 aliphatic rings. The molecule has 0 fully saturated rings. The van der Waals surface area contributed by atoms with Gasteiger partial charge in [0.05, 0.1) is 30.7 Å². The molecule has 3 rings (SSSR count). The molecule has 0 saturated heterocycles. The lowest BCUT2D eigenvalue weighted by Gasteiger charge is -2.08. The Kier molecular flexibility index (Phi) is 8.79. The number of ether oxygens (including phenoxy) is 1. The lowest BCUT2D eigenvalue weighted by Crippen LogP contribution is -2.23. The van der Waals surface area contributed by atoms with Crippen LogP contribution in [0.3, 0.4) is 0 Å². The third kappa shape index (κ3) is 8.21. The SMILES string of the molecule is O=C(CCC(=O)OCCCc1ccccc1)Nc1ccc(S(=O)(=O)NCc2ccco2)cc1. The molecule has 8 nitrogen and oxygen atoms in total. The number of aryl methyl sites for hydroxylation is 1. The monoisotopic (exact) mass is 470 g/mol. The highest BCUT2D eigenvalue weighted by Gasteiger charge is 2.15. The number of benzene rings is 2. The van der Waals surface area contributed by atoms with E-state index in [1.807, 2.05) is 30.3 Å². The number of sulfonamides is 1. The summed E-state index contributed by atoms with van der Waals surface area (Å²) < 4.78 is 37.4. The van der Waals surface area contributed by atoms with Crippen LogP contribution in [0.4, 0.5) is 5.69 Å². The molecule has 9 heteroatoms. The molecule has 1 aromatic heterocycles. The molecular weight excluding hydrogens is 444 g/mol. The second-order valence-electron chi connectivity index (χ2n) is 7.29. The zero-order chi connectivity index (χ0) is 23.5. The van der Waals surface area contributed by atoms with Crippen molar-refractivity contribution in [3.63, 3.8) is 0 Å². The quantitative estimate of drug-likeness (QED) is 0.308. The van der Waals surface area contributed by atoms with Crippen LogP contribution in [0.1, 0.15) is 30.6 Å². The normalized spacial score (nSPS) is 11.2. The molecule has 0 atom stereocenters. The number of amides is 1. The Hall–Kier alpha value is -3.43. The van der Waals surface area contributed by atoms with Crippen molar-refractivity contribution in [1.82, 2.24) is 4.72 Å². The minimum atomic E-state index is -3.72. The lowest BCUT2D eigenvalue weighted by molar-refractivity contribution is -0.144. The molecule has 33 heavy (non-hydrogen) atoms. The minimum Gasteiger partial charge on any atom is -0.468 e. The van der Waals surface area contributed by atoms with Gasteiger partial charge in [0.25, 0.3) is 0 Å². The van der Waals surface area contributed by atoms with E-state index in [0.29, 0.717) is 24.5 Å². The van der Waals surface area contributed by atoms with E-state index in [2.05, 4.69) is 10.0 Å². The molecule has 0 aliphatic heterocycles. The molecule has 2 N–H and O–H groups in total. The van der Waals surface area contributed by atoms with E-state index in [-0.39, 0.29) is 30.2 Å². The predicted octanol–water partition coefficient (Wildman–Crippen LogP) is 3.65. The van der Waals surface area contributed by atoms with Gasteiger partial charge in [-0.2, -0.15) is 0 Å². The second kappa shape index (κ2) is 12.0. The highest BCUT2D eigenvalue weighted by atomic mass is 32.2. The van der Waals surface area contributed by atoms with Crippen LogP contribution in [0.15, 0.2) is 82.3 Å². The summed E-state index contributed by atoms with van der Waals surface area (Å²) in [6.07, 6.45) is 2.95. The van der Waals surface area contributed by atoms with Crippen molar-refractivity contribution >= 4 is 27.6 Å². The molecule has 0 saturated carbocycles. The van der Waals surface area contributed by atoms with Gasteiger partial charge in [-0.3, -0.25) is 9.59 Å². The maximum absolute atomic E-state index is 12.3. The van der Waals surface area contributed by atoms with E-state index < -0.39 is 16.0 Å². The first-order valence-electron chi connectivity index (χ1n) is 10.5. The molecular formula is C24H26N2O6S. The summed E-state index contributed by atoms with van der Waals surface area (Å²) in [6.45, 7) is 0.343. The maximum Gasteiger partial charge on any atom is 0.306 e. The van der Waals surface area contributed by atoms with Gasteiger partial charge in [0, 0.05) is 12.1 Å². The van der Waals surface area contributed by atoms with E-state index in [9.17, 15) is 18.0 Å². The minimum absolute atomic E-state index is 0.0255. The second-order valence-corrected chi connectivity index (χ2v) is 9.05. The van der Waals surface area contributed by atoms with Crippen LogP contribution >= 0.6 is 0 Å². The summed E-state index contributed by atoms with van der Waals surface area (Å²) in [4.78, 5) is 24.0. The number of esters is 1. The third-order valence-electron chi connectivity index (χ3n) is 4.74. The van der Waals surface area contributed by atoms with Gasteiger partial charge in [-0.05, 0) is 54.8 Å². The van der Waals surface area contributed by atoms with Gasteiger partial charge in [-0.25, -0.2) is 13.1 Å². The van der Waals surface area contributed by atoms with Gasteiger partial charge in [0.1, 0.15) is 5.76 Å². The molecule has 174 valence electrons. The Balaban J connectivity index is 1.36. The number of carbonyl (C=O) groups excluding carboxylic acids is 2. The first kappa shape index (κ1) is 24.2. The van der Waals surface area contributed by atoms with Crippen molar-refractivity contribution in [3.05, 3.63) is 84.3 Å². The van der Waals surface area contributed by atoms with Crippen LogP contribution in [-0.2, 0) is 37.3 Å². The fraction of sp³-hybridized carbons (Fsp3) is 0.250. The van der Waals surface area contributed by atoms with Crippen molar-refractivity contribution in [3.8, 4) is 0 Å². The van der Waals surface area contributed by atoms with E-state index in [1.165, 1.54) is 36.1 Å². The molecule has 1 amide bonds. The summed E-state index contributed by atoms with van der Waals surface area (Å²) in [6, 6.07) is 19.0. The lowest BCUT2D eigenvalue weighted by atomic mass is 10.1. The summed E-state index contributed by atoms with van der Waals surface area (Å²) in [5.74, 6) is -0.290. The Morgan fingerprint density at radius 3 is 2.36 bits per heavy atom. The van der Waals surface area contributed by atoms with Gasteiger partial charge in [-0.1, -0.05) is 30.3 Å². The summed E-state index contributed by atoms with van der Waals surface area (Å²) >= 11 is 0. The van der Waals surface area contributed by atoms with E-state index >= 15 is 0 Å². The Morgan fingerprint density at radius 1 is 0.909 bits per heavy atom. The predicted molar refractivity (Wildman–Crippen MR) is 123 cm³/mol. The smallest absolute Gasteiger partial charge is 0.306 e. The average molecular weight is 471 g/mol. The Morgan fingerprint density at radius 2 is 1.67 bits per heavy atom. The largest absolute Gasteiger partial charge is 0.468 e. The van der Waals surface area contributed by atoms with Crippen molar-refractivity contribution < 1.29 is 27.2 Å². The first-order chi connectivity index (χ1) is 15.9. The molecule has 3 aromatic rings. The van der Waals surface area contributed by atoms with Crippen molar-refractivity contribution in [2.45, 2.75) is 37.1 Å². The maximum atomic E-state index is 12.3. The summed E-state index contributed by atoms with van der Waals surface area (Å²) in [5.41, 5.74) is 1.61. The third-order valence-corrected chi connectivity index (χ3v) is 6.15. The highest BCUT2D eigenvalue weighted by Crippen LogP contribution is 2.15. The van der Waals surface area contributed by atoms with E-state index in [4.69, 9.17) is 9.15 Å². The molecule has 0 bridgehead atoms. The van der Waals surface area contributed by atoms with E-state index in [1.54, 1.807) is 12.1 Å². The fourth-order valence-electron chi connectivity index (χ4n) is 3.00. The van der Waals surface area contributed by atoms with E-state index in [0.717, 1.165) is 6.42 Å². The van der Waals surface area contributed by atoms with Crippen LogP contribution in [-0.4, -0.2) is 26.9 Å². The van der Waals surface area contributed by atoms with Gasteiger partial charge in [0.15, 0.2) is 0 Å². The van der Waals surface area contributed by atoms with Crippen LogP contribution in [0.25, 0.3) is 0 Å². The number of rotatable bonds is 12. The fourth-order valence-corrected chi connectivity index (χ4v) is 3.99. The highest BCUT2D eigenvalue weighted by molar-refractivity contribution is 7.89. The number of anilines is 1. The van der Waals surface area contributed by atoms with Crippen LogP contribution in [0.2, 0.25) is 0 Å². The molecule has 1 heterocycles. The zero-order valence-electron chi connectivity index (χ0n) is 18.0. The van der Waals surface area contributed by atoms with Crippen molar-refractivity contribution in [2.75, 3.05) is 11.9 Å². The molecule has 0 aliphatic carbocycles. The van der Waals surface area contributed by atoms with Gasteiger partial charge in [0.2, 0.25) is 15.9 Å². The van der Waals surface area contributed by atoms with Crippen molar-refractivity contribution in [1.29, 1.82) is 0 Å². The molecule has 0 unspecified atom stereocenters. The van der Waals surface area contributed by atoms with Gasteiger partial charge < -0.3 is 14.5 Å². The van der Waals surface area contributed by atoms with Gasteiger partial charge >= 0.3 is 5.97 Å². The zero-order valence-corrected chi connectivity index (χ0v) is 18.8. The standard InChI is InChI=1S/C24H26N2O6S/c27-23(14-15-24(28)32-17-4-8-19-6-2-1-3-7-19)26-20-10-12-22(13-11-20)33(29,30)25-18-21-9-5-16-31-21/h1-3,5-7,9-13,16,25H,4,8,14-15,17-18H2,(H,26,27). The number of hydrogen-bond acceptors (Lipinski definition) is 6. The Bertz CT molecular complexity index is 1130. The average Bonchev–Trinajstić information content (AvgIpc) is 3.34. The first-order valence-corrected chi connectivity index (χ1v) is 12.0. The molecule has 2 aromatic carbocycles. The molecule has 0 radical (unpaired) electrons. The number of nitrogens with one attached hydrogen (secondary N) is 2. The Labute approximate surface area is 193 Å². The van der Waals surface area contributed by atoms with Crippen LogP contribution in [0.5, 0.6) is 0 Å². The van der Waals surface area contributed by atoms with Crippen molar-refractivity contribution in [2.24, 2.45) is 0 Å². The molecule has 0 spiro atoms.